The molecule has 3 rings (SSSR count). The topological polar surface area (TPSA) is 57.1 Å². The Morgan fingerprint density at radius 2 is 1.92 bits per heavy atom. The molecule has 0 fully saturated rings. The van der Waals surface area contributed by atoms with Gasteiger partial charge in [0.05, 0.1) is 24.8 Å². The molecule has 1 aliphatic heterocycles. The maximum atomic E-state index is 12.1. The van der Waals surface area contributed by atoms with E-state index in [0.717, 1.165) is 5.56 Å². The third-order valence-corrected chi connectivity index (χ3v) is 3.77. The molecule has 2 aromatic carbocycles. The average molecular weight is 344 g/mol. The summed E-state index contributed by atoms with van der Waals surface area (Å²) in [4.78, 5) is 16.3. The number of hydrogen-bond donors (Lipinski definition) is 0. The zero-order chi connectivity index (χ0) is 17.1. The van der Waals surface area contributed by atoms with Gasteiger partial charge in [0.2, 0.25) is 5.90 Å². The predicted molar refractivity (Wildman–Crippen MR) is 91.6 cm³/mol. The lowest BCUT2D eigenvalue weighted by molar-refractivity contribution is -0.129. The van der Waals surface area contributed by atoms with Crippen molar-refractivity contribution in [3.05, 3.63) is 64.3 Å². The van der Waals surface area contributed by atoms with Crippen LogP contribution in [-0.4, -0.2) is 26.1 Å². The Kier molecular flexibility index (Phi) is 4.53. The molecular formula is C18H14ClNO4. The second-order valence-electron chi connectivity index (χ2n) is 4.92. The van der Waals surface area contributed by atoms with E-state index in [1.807, 2.05) is 18.2 Å². The number of halogens is 1. The van der Waals surface area contributed by atoms with Gasteiger partial charge in [0.1, 0.15) is 11.5 Å². The smallest absolute Gasteiger partial charge is 0.363 e. The van der Waals surface area contributed by atoms with Crippen LogP contribution in [0.25, 0.3) is 6.08 Å². The Hall–Kier alpha value is -2.79. The highest BCUT2D eigenvalue weighted by Gasteiger charge is 2.26. The summed E-state index contributed by atoms with van der Waals surface area (Å²) in [5.74, 6) is 0.874. The number of cyclic esters (lactones) is 1. The van der Waals surface area contributed by atoms with Gasteiger partial charge in [-0.05, 0) is 30.3 Å². The Labute approximate surface area is 144 Å². The molecule has 0 bridgehead atoms. The number of methoxy groups -OCH3 is 2. The van der Waals surface area contributed by atoms with E-state index in [-0.39, 0.29) is 11.6 Å². The lowest BCUT2D eigenvalue weighted by Crippen LogP contribution is -2.06. The number of carbonyl (C=O) groups is 1. The van der Waals surface area contributed by atoms with Crippen molar-refractivity contribution in [2.45, 2.75) is 0 Å². The molecule has 1 aliphatic rings. The van der Waals surface area contributed by atoms with Crippen LogP contribution in [0.3, 0.4) is 0 Å². The summed E-state index contributed by atoms with van der Waals surface area (Å²) < 4.78 is 15.6. The molecule has 2 aromatic rings. The maximum absolute atomic E-state index is 12.1. The second kappa shape index (κ2) is 6.76. The monoisotopic (exact) mass is 343 g/mol. The fraction of sp³-hybridized carbons (Fsp3) is 0.111. The molecule has 0 spiro atoms. The highest BCUT2D eigenvalue weighted by atomic mass is 35.5. The van der Waals surface area contributed by atoms with E-state index < -0.39 is 5.97 Å². The number of ether oxygens (including phenoxy) is 3. The molecule has 1 heterocycles. The van der Waals surface area contributed by atoms with Gasteiger partial charge in [-0.1, -0.05) is 29.8 Å². The molecule has 0 N–H and O–H groups in total. The number of rotatable bonds is 4. The van der Waals surface area contributed by atoms with Crippen LogP contribution in [-0.2, 0) is 9.53 Å². The maximum Gasteiger partial charge on any atom is 0.363 e. The van der Waals surface area contributed by atoms with Gasteiger partial charge in [0.15, 0.2) is 5.70 Å². The molecule has 122 valence electrons. The van der Waals surface area contributed by atoms with Gasteiger partial charge in [-0.2, -0.15) is 0 Å². The first-order valence-corrected chi connectivity index (χ1v) is 7.49. The lowest BCUT2D eigenvalue weighted by Gasteiger charge is -2.05. The standard InChI is InChI=1S/C18H14ClNO4/c1-22-12-7-8-13(14(19)10-12)17-20-15(18(21)24-17)9-11-5-3-4-6-16(11)23-2/h3-10H,1-2H3/b15-9-. The van der Waals surface area contributed by atoms with Gasteiger partial charge in [0.25, 0.3) is 0 Å². The van der Waals surface area contributed by atoms with Crippen LogP contribution in [0, 0.1) is 0 Å². The summed E-state index contributed by atoms with van der Waals surface area (Å²) in [7, 11) is 3.11. The molecule has 0 unspecified atom stereocenters. The number of esters is 1. The van der Waals surface area contributed by atoms with Gasteiger partial charge in [-0.15, -0.1) is 0 Å². The molecule has 6 heteroatoms. The Morgan fingerprint density at radius 3 is 2.62 bits per heavy atom. The first-order chi connectivity index (χ1) is 11.6. The third-order valence-electron chi connectivity index (χ3n) is 3.46. The molecule has 0 atom stereocenters. The van der Waals surface area contributed by atoms with Crippen LogP contribution in [0.4, 0.5) is 0 Å². The van der Waals surface area contributed by atoms with E-state index >= 15 is 0 Å². The fourth-order valence-corrected chi connectivity index (χ4v) is 2.50. The number of nitrogens with zero attached hydrogens (tertiary/aromatic N) is 1. The largest absolute Gasteiger partial charge is 0.497 e. The van der Waals surface area contributed by atoms with Crippen molar-refractivity contribution in [1.82, 2.24) is 0 Å². The number of para-hydroxylation sites is 1. The molecule has 0 radical (unpaired) electrons. The Balaban J connectivity index is 1.97. The van der Waals surface area contributed by atoms with Gasteiger partial charge < -0.3 is 14.2 Å². The van der Waals surface area contributed by atoms with E-state index in [1.54, 1.807) is 44.6 Å². The van der Waals surface area contributed by atoms with Crippen molar-refractivity contribution in [1.29, 1.82) is 0 Å². The quantitative estimate of drug-likeness (QED) is 0.627. The molecule has 5 nitrogen and oxygen atoms in total. The van der Waals surface area contributed by atoms with Gasteiger partial charge >= 0.3 is 5.97 Å². The number of aliphatic imine (C=N–C) groups is 1. The summed E-state index contributed by atoms with van der Waals surface area (Å²) in [6, 6.07) is 12.4. The first-order valence-electron chi connectivity index (χ1n) is 7.12. The van der Waals surface area contributed by atoms with Crippen molar-refractivity contribution < 1.29 is 19.0 Å². The van der Waals surface area contributed by atoms with Crippen LogP contribution in [0.2, 0.25) is 5.02 Å². The van der Waals surface area contributed by atoms with Gasteiger partial charge in [0, 0.05) is 5.56 Å². The van der Waals surface area contributed by atoms with E-state index in [1.165, 1.54) is 0 Å². The zero-order valence-electron chi connectivity index (χ0n) is 13.1. The molecule has 0 saturated heterocycles. The predicted octanol–water partition coefficient (Wildman–Crippen LogP) is 3.70. The van der Waals surface area contributed by atoms with Crippen LogP contribution >= 0.6 is 11.6 Å². The van der Waals surface area contributed by atoms with Crippen molar-refractivity contribution >= 4 is 29.5 Å². The summed E-state index contributed by atoms with van der Waals surface area (Å²) >= 11 is 6.20. The number of carbonyl (C=O) groups excluding carboxylic acids is 1. The van der Waals surface area contributed by atoms with E-state index in [9.17, 15) is 4.79 Å². The molecule has 0 aliphatic carbocycles. The van der Waals surface area contributed by atoms with Crippen LogP contribution in [0.15, 0.2) is 53.2 Å². The third kappa shape index (κ3) is 3.12. The van der Waals surface area contributed by atoms with Gasteiger partial charge in [-0.25, -0.2) is 9.79 Å². The Bertz CT molecular complexity index is 858. The molecular weight excluding hydrogens is 330 g/mol. The number of benzene rings is 2. The minimum Gasteiger partial charge on any atom is -0.497 e. The lowest BCUT2D eigenvalue weighted by atomic mass is 10.1. The Morgan fingerprint density at radius 1 is 1.12 bits per heavy atom. The van der Waals surface area contributed by atoms with E-state index in [2.05, 4.69) is 4.99 Å². The summed E-state index contributed by atoms with van der Waals surface area (Å²) in [6.45, 7) is 0. The normalized spacial score (nSPS) is 15.2. The van der Waals surface area contributed by atoms with Crippen molar-refractivity contribution in [2.75, 3.05) is 14.2 Å². The number of hydrogen-bond acceptors (Lipinski definition) is 5. The summed E-state index contributed by atoms with van der Waals surface area (Å²) in [6.07, 6.45) is 1.62. The minimum atomic E-state index is -0.539. The zero-order valence-corrected chi connectivity index (χ0v) is 13.8. The average Bonchev–Trinajstić information content (AvgIpc) is 2.95. The van der Waals surface area contributed by atoms with Gasteiger partial charge in [-0.3, -0.25) is 0 Å². The summed E-state index contributed by atoms with van der Waals surface area (Å²) in [5.41, 5.74) is 1.44. The van der Waals surface area contributed by atoms with Crippen LogP contribution < -0.4 is 9.47 Å². The van der Waals surface area contributed by atoms with Crippen LogP contribution in [0.1, 0.15) is 11.1 Å². The highest BCUT2D eigenvalue weighted by Crippen LogP contribution is 2.28. The molecule has 0 amide bonds. The first kappa shape index (κ1) is 16.1. The second-order valence-corrected chi connectivity index (χ2v) is 5.33. The highest BCUT2D eigenvalue weighted by molar-refractivity contribution is 6.34. The summed E-state index contributed by atoms with van der Waals surface area (Å²) in [5, 5.41) is 0.388. The SMILES string of the molecule is COc1ccc(C2=N/C(=C\c3ccccc3OC)C(=O)O2)c(Cl)c1. The fourth-order valence-electron chi connectivity index (χ4n) is 2.25. The molecule has 0 saturated carbocycles. The molecule has 24 heavy (non-hydrogen) atoms. The minimum absolute atomic E-state index is 0.161. The van der Waals surface area contributed by atoms with E-state index in [4.69, 9.17) is 25.8 Å². The van der Waals surface area contributed by atoms with Crippen molar-refractivity contribution in [3.63, 3.8) is 0 Å². The van der Waals surface area contributed by atoms with E-state index in [0.29, 0.717) is 22.1 Å². The van der Waals surface area contributed by atoms with Crippen LogP contribution in [0.5, 0.6) is 11.5 Å². The van der Waals surface area contributed by atoms with Crippen molar-refractivity contribution in [3.8, 4) is 11.5 Å². The van der Waals surface area contributed by atoms with Crippen molar-refractivity contribution in [2.24, 2.45) is 4.99 Å². The molecule has 0 aromatic heterocycles.